The molecular formula is C17H12F3N3O. The Morgan fingerprint density at radius 2 is 2.00 bits per heavy atom. The van der Waals surface area contributed by atoms with Crippen molar-refractivity contribution in [2.24, 2.45) is 0 Å². The molecule has 1 aromatic carbocycles. The number of nitrogens with zero attached hydrogens (tertiary/aromatic N) is 2. The van der Waals surface area contributed by atoms with Gasteiger partial charge >= 0.3 is 6.18 Å². The van der Waals surface area contributed by atoms with Crippen molar-refractivity contribution < 1.29 is 18.0 Å². The third kappa shape index (κ3) is 3.45. The van der Waals surface area contributed by atoms with Gasteiger partial charge in [0.05, 0.1) is 17.5 Å². The molecule has 3 aromatic rings. The minimum Gasteiger partial charge on any atom is -0.322 e. The van der Waals surface area contributed by atoms with Gasteiger partial charge in [0.25, 0.3) is 0 Å². The fourth-order valence-electron chi connectivity index (χ4n) is 2.19. The molecule has 0 saturated carbocycles. The molecule has 0 fully saturated rings. The van der Waals surface area contributed by atoms with Crippen LogP contribution in [0.25, 0.3) is 11.7 Å². The highest BCUT2D eigenvalue weighted by Crippen LogP contribution is 2.30. The predicted octanol–water partition coefficient (Wildman–Crippen LogP) is 4.01. The van der Waals surface area contributed by atoms with Gasteiger partial charge in [-0.1, -0.05) is 12.1 Å². The lowest BCUT2D eigenvalue weighted by Gasteiger charge is -2.08. The van der Waals surface area contributed by atoms with E-state index >= 15 is 0 Å². The smallest absolute Gasteiger partial charge is 0.322 e. The number of anilines is 1. The van der Waals surface area contributed by atoms with Gasteiger partial charge in [-0.15, -0.1) is 0 Å². The Morgan fingerprint density at radius 1 is 1.17 bits per heavy atom. The molecular weight excluding hydrogens is 319 g/mol. The number of imidazole rings is 1. The number of fused-ring (bicyclic) bond motifs is 1. The Balaban J connectivity index is 1.74. The van der Waals surface area contributed by atoms with E-state index in [1.165, 1.54) is 18.2 Å². The second kappa shape index (κ2) is 6.19. The highest BCUT2D eigenvalue weighted by Gasteiger charge is 2.30. The molecule has 122 valence electrons. The largest absolute Gasteiger partial charge is 0.416 e. The van der Waals surface area contributed by atoms with Crippen LogP contribution in [0.4, 0.5) is 18.9 Å². The first kappa shape index (κ1) is 15.8. The predicted molar refractivity (Wildman–Crippen MR) is 84.3 cm³/mol. The van der Waals surface area contributed by atoms with Crippen molar-refractivity contribution in [1.82, 2.24) is 9.38 Å². The lowest BCUT2D eigenvalue weighted by atomic mass is 10.2. The number of carbonyl (C=O) groups excluding carboxylic acids is 1. The summed E-state index contributed by atoms with van der Waals surface area (Å²) in [4.78, 5) is 16.1. The zero-order valence-electron chi connectivity index (χ0n) is 12.3. The summed E-state index contributed by atoms with van der Waals surface area (Å²) in [6.45, 7) is 0. The van der Waals surface area contributed by atoms with Crippen LogP contribution in [-0.4, -0.2) is 15.3 Å². The van der Waals surface area contributed by atoms with Crippen LogP contribution in [0, 0.1) is 0 Å². The molecule has 0 aliphatic rings. The van der Waals surface area contributed by atoms with Crippen molar-refractivity contribution in [3.8, 4) is 0 Å². The van der Waals surface area contributed by atoms with Crippen molar-refractivity contribution in [2.45, 2.75) is 6.18 Å². The lowest BCUT2D eigenvalue weighted by molar-refractivity contribution is -0.137. The van der Waals surface area contributed by atoms with Gasteiger partial charge in [-0.05, 0) is 36.4 Å². The van der Waals surface area contributed by atoms with Gasteiger partial charge in [0.1, 0.15) is 5.65 Å². The maximum Gasteiger partial charge on any atom is 0.416 e. The summed E-state index contributed by atoms with van der Waals surface area (Å²) in [7, 11) is 0. The molecule has 3 rings (SSSR count). The van der Waals surface area contributed by atoms with Gasteiger partial charge in [0.15, 0.2) is 0 Å². The number of amides is 1. The number of nitrogens with one attached hydrogen (secondary N) is 1. The summed E-state index contributed by atoms with van der Waals surface area (Å²) in [5.74, 6) is -0.528. The van der Waals surface area contributed by atoms with Crippen molar-refractivity contribution in [1.29, 1.82) is 0 Å². The summed E-state index contributed by atoms with van der Waals surface area (Å²) in [6.07, 6.45) is 1.74. The molecule has 0 bridgehead atoms. The molecule has 0 atom stereocenters. The molecule has 7 heteroatoms. The van der Waals surface area contributed by atoms with Gasteiger partial charge in [0, 0.05) is 18.0 Å². The monoisotopic (exact) mass is 331 g/mol. The Hall–Kier alpha value is -3.09. The van der Waals surface area contributed by atoms with Crippen LogP contribution in [0.3, 0.4) is 0 Å². The minimum atomic E-state index is -4.45. The van der Waals surface area contributed by atoms with E-state index in [1.54, 1.807) is 22.9 Å². The molecule has 2 aromatic heterocycles. The molecule has 0 unspecified atom stereocenters. The summed E-state index contributed by atoms with van der Waals surface area (Å²) < 4.78 is 39.7. The Kier molecular flexibility index (Phi) is 4.07. The van der Waals surface area contributed by atoms with E-state index in [0.29, 0.717) is 5.69 Å². The minimum absolute atomic E-state index is 0.0811. The standard InChI is InChI=1S/C17H12F3N3O/c18-17(19,20)12-4-3-5-13(10-12)22-16(24)8-7-14-11-21-15-6-1-2-9-23(14)15/h1-11H,(H,22,24)/b8-7+. The molecule has 24 heavy (non-hydrogen) atoms. The van der Waals surface area contributed by atoms with Crippen molar-refractivity contribution in [3.05, 3.63) is 72.2 Å². The average molecular weight is 331 g/mol. The number of carbonyl (C=O) groups is 1. The Morgan fingerprint density at radius 3 is 2.79 bits per heavy atom. The lowest BCUT2D eigenvalue weighted by Crippen LogP contribution is -2.10. The van der Waals surface area contributed by atoms with Crippen molar-refractivity contribution in [3.63, 3.8) is 0 Å². The first-order valence-electron chi connectivity index (χ1n) is 7.02. The van der Waals surface area contributed by atoms with E-state index in [-0.39, 0.29) is 5.69 Å². The molecule has 2 heterocycles. The summed E-state index contributed by atoms with van der Waals surface area (Å²) in [5, 5.41) is 2.41. The summed E-state index contributed by atoms with van der Waals surface area (Å²) >= 11 is 0. The van der Waals surface area contributed by atoms with E-state index < -0.39 is 17.6 Å². The van der Waals surface area contributed by atoms with Crippen LogP contribution in [0.2, 0.25) is 0 Å². The van der Waals surface area contributed by atoms with Crippen LogP contribution in [0.5, 0.6) is 0 Å². The summed E-state index contributed by atoms with van der Waals surface area (Å²) in [6, 6.07) is 9.97. The number of alkyl halides is 3. The molecule has 0 aliphatic carbocycles. The van der Waals surface area contributed by atoms with E-state index in [1.807, 2.05) is 18.2 Å². The third-order valence-corrected chi connectivity index (χ3v) is 3.31. The van der Waals surface area contributed by atoms with Crippen LogP contribution < -0.4 is 5.32 Å². The van der Waals surface area contributed by atoms with E-state index in [9.17, 15) is 18.0 Å². The zero-order chi connectivity index (χ0) is 17.2. The van der Waals surface area contributed by atoms with Gasteiger partial charge in [-0.3, -0.25) is 4.79 Å². The normalized spacial score (nSPS) is 12.0. The fourth-order valence-corrected chi connectivity index (χ4v) is 2.19. The molecule has 1 amide bonds. The average Bonchev–Trinajstić information content (AvgIpc) is 2.96. The number of benzene rings is 1. The second-order valence-corrected chi connectivity index (χ2v) is 5.01. The number of hydrogen-bond donors (Lipinski definition) is 1. The maximum absolute atomic E-state index is 12.7. The maximum atomic E-state index is 12.7. The highest BCUT2D eigenvalue weighted by atomic mass is 19.4. The van der Waals surface area contributed by atoms with E-state index in [2.05, 4.69) is 10.3 Å². The Bertz CT molecular complexity index is 913. The van der Waals surface area contributed by atoms with Gasteiger partial charge < -0.3 is 9.72 Å². The first-order chi connectivity index (χ1) is 11.4. The molecule has 0 aliphatic heterocycles. The van der Waals surface area contributed by atoms with Gasteiger partial charge in [0.2, 0.25) is 5.91 Å². The second-order valence-electron chi connectivity index (χ2n) is 5.01. The van der Waals surface area contributed by atoms with Crippen LogP contribution in [-0.2, 0) is 11.0 Å². The van der Waals surface area contributed by atoms with E-state index in [0.717, 1.165) is 17.8 Å². The highest BCUT2D eigenvalue weighted by molar-refractivity contribution is 6.01. The molecule has 1 N–H and O–H groups in total. The number of halogens is 3. The number of aromatic nitrogens is 2. The van der Waals surface area contributed by atoms with Crippen molar-refractivity contribution >= 4 is 23.3 Å². The van der Waals surface area contributed by atoms with Crippen molar-refractivity contribution in [2.75, 3.05) is 5.32 Å². The molecule has 0 radical (unpaired) electrons. The number of hydrogen-bond acceptors (Lipinski definition) is 2. The van der Waals surface area contributed by atoms with Gasteiger partial charge in [-0.25, -0.2) is 4.98 Å². The number of rotatable bonds is 3. The number of pyridine rings is 1. The molecule has 4 nitrogen and oxygen atoms in total. The first-order valence-corrected chi connectivity index (χ1v) is 7.02. The Labute approximate surface area is 135 Å². The zero-order valence-corrected chi connectivity index (χ0v) is 12.3. The molecule has 0 spiro atoms. The molecule has 0 saturated heterocycles. The third-order valence-electron chi connectivity index (χ3n) is 3.31. The summed E-state index contributed by atoms with van der Waals surface area (Å²) in [5.41, 5.74) is 0.684. The quantitative estimate of drug-likeness (QED) is 0.737. The van der Waals surface area contributed by atoms with E-state index in [4.69, 9.17) is 0 Å². The topological polar surface area (TPSA) is 46.4 Å². The van der Waals surface area contributed by atoms with Crippen LogP contribution in [0.1, 0.15) is 11.3 Å². The van der Waals surface area contributed by atoms with Crippen LogP contribution in [0.15, 0.2) is 60.9 Å². The van der Waals surface area contributed by atoms with Gasteiger partial charge in [-0.2, -0.15) is 13.2 Å². The van der Waals surface area contributed by atoms with Crippen LogP contribution >= 0.6 is 0 Å². The SMILES string of the molecule is O=C(/C=C/c1cnc2ccccn12)Nc1cccc(C(F)(F)F)c1. The fraction of sp³-hybridized carbons (Fsp3) is 0.0588.